The molecule has 2 aliphatic rings. The number of rotatable bonds is 6. The van der Waals surface area contributed by atoms with Crippen LogP contribution >= 0.6 is 11.8 Å². The minimum atomic E-state index is 0.0629. The fourth-order valence-corrected chi connectivity index (χ4v) is 4.80. The van der Waals surface area contributed by atoms with Crippen LogP contribution in [-0.2, 0) is 10.5 Å². The van der Waals surface area contributed by atoms with E-state index in [-0.39, 0.29) is 11.8 Å². The highest BCUT2D eigenvalue weighted by Crippen LogP contribution is 2.19. The van der Waals surface area contributed by atoms with Crippen LogP contribution in [0.4, 0.5) is 0 Å². The van der Waals surface area contributed by atoms with Crippen LogP contribution in [0.2, 0.25) is 0 Å². The number of aromatic nitrogens is 3. The molecule has 0 saturated carbocycles. The number of H-pyrrole nitrogens is 1. The van der Waals surface area contributed by atoms with Gasteiger partial charge in [-0.15, -0.1) is 0 Å². The summed E-state index contributed by atoms with van der Waals surface area (Å²) in [6, 6.07) is 7.78. The number of piperazine rings is 1. The van der Waals surface area contributed by atoms with E-state index in [1.165, 1.54) is 19.2 Å². The van der Waals surface area contributed by atoms with Gasteiger partial charge in [0.15, 0.2) is 5.16 Å². The second kappa shape index (κ2) is 10.8. The van der Waals surface area contributed by atoms with E-state index in [1.807, 2.05) is 34.1 Å². The summed E-state index contributed by atoms with van der Waals surface area (Å²) in [5.74, 6) is 1.07. The first-order chi connectivity index (χ1) is 15.2. The van der Waals surface area contributed by atoms with E-state index in [2.05, 4.69) is 20.1 Å². The van der Waals surface area contributed by atoms with Gasteiger partial charge in [-0.1, -0.05) is 36.7 Å². The van der Waals surface area contributed by atoms with E-state index in [4.69, 9.17) is 0 Å². The lowest BCUT2D eigenvalue weighted by atomic mass is 10.1. The fourth-order valence-electron chi connectivity index (χ4n) is 4.06. The largest absolute Gasteiger partial charge is 0.342 e. The van der Waals surface area contributed by atoms with Gasteiger partial charge in [-0.05, 0) is 30.5 Å². The molecule has 2 aromatic rings. The molecule has 9 heteroatoms. The highest BCUT2D eigenvalue weighted by atomic mass is 32.2. The Morgan fingerprint density at radius 3 is 2.26 bits per heavy atom. The third-order valence-corrected chi connectivity index (χ3v) is 6.89. The number of aromatic amines is 1. The first kappa shape index (κ1) is 21.8. The Balaban J connectivity index is 1.22. The molecule has 8 nitrogen and oxygen atoms in total. The van der Waals surface area contributed by atoms with Gasteiger partial charge < -0.3 is 9.80 Å². The molecule has 166 valence electrons. The van der Waals surface area contributed by atoms with E-state index in [0.717, 1.165) is 55.5 Å². The molecular formula is C22H30N6O2S. The molecule has 4 rings (SSSR count). The van der Waals surface area contributed by atoms with E-state index in [1.54, 1.807) is 11.8 Å². The normalized spacial score (nSPS) is 18.1. The Morgan fingerprint density at radius 1 is 0.903 bits per heavy atom. The number of nitrogens with zero attached hydrogens (tertiary/aromatic N) is 5. The Labute approximate surface area is 187 Å². The van der Waals surface area contributed by atoms with Gasteiger partial charge >= 0.3 is 0 Å². The third-order valence-electron chi connectivity index (χ3n) is 5.95. The zero-order valence-electron chi connectivity index (χ0n) is 17.8. The first-order valence-corrected chi connectivity index (χ1v) is 12.0. The molecule has 1 N–H and O–H groups in total. The van der Waals surface area contributed by atoms with Crippen LogP contribution in [-0.4, -0.2) is 87.5 Å². The second-order valence-electron chi connectivity index (χ2n) is 8.14. The Bertz CT molecular complexity index is 841. The lowest BCUT2D eigenvalue weighted by molar-refractivity contribution is -0.132. The summed E-state index contributed by atoms with van der Waals surface area (Å²) in [5.41, 5.74) is 1.84. The minimum absolute atomic E-state index is 0.0629. The SMILES string of the molecule is O=C(CN1CCN(C(=O)c2ccc(CSc3ncn[nH]3)cc2)CC1)N1CCCCCC1. The summed E-state index contributed by atoms with van der Waals surface area (Å²) in [6.07, 6.45) is 6.18. The smallest absolute Gasteiger partial charge is 0.253 e. The Kier molecular flexibility index (Phi) is 7.58. The number of carbonyl (C=O) groups is 2. The minimum Gasteiger partial charge on any atom is -0.342 e. The van der Waals surface area contributed by atoms with E-state index < -0.39 is 0 Å². The van der Waals surface area contributed by atoms with Crippen molar-refractivity contribution in [2.45, 2.75) is 36.6 Å². The number of likely N-dealkylation sites (tertiary alicyclic amines) is 1. The van der Waals surface area contributed by atoms with Gasteiger partial charge in [-0.3, -0.25) is 19.6 Å². The zero-order valence-corrected chi connectivity index (χ0v) is 18.6. The van der Waals surface area contributed by atoms with E-state index >= 15 is 0 Å². The highest BCUT2D eigenvalue weighted by molar-refractivity contribution is 7.98. The van der Waals surface area contributed by atoms with Gasteiger partial charge in [0.1, 0.15) is 6.33 Å². The molecule has 0 spiro atoms. The van der Waals surface area contributed by atoms with Crippen LogP contribution < -0.4 is 0 Å². The molecule has 2 aliphatic heterocycles. The summed E-state index contributed by atoms with van der Waals surface area (Å²) in [6.45, 7) is 5.08. The number of thioether (sulfide) groups is 1. The Hall–Kier alpha value is -2.39. The lowest BCUT2D eigenvalue weighted by Crippen LogP contribution is -2.51. The van der Waals surface area contributed by atoms with Crippen LogP contribution in [0.5, 0.6) is 0 Å². The molecule has 3 heterocycles. The summed E-state index contributed by atoms with van der Waals surface area (Å²) < 4.78 is 0. The van der Waals surface area contributed by atoms with Crippen molar-refractivity contribution in [3.63, 3.8) is 0 Å². The number of nitrogens with one attached hydrogen (secondary N) is 1. The number of carbonyl (C=O) groups excluding carboxylic acids is 2. The zero-order chi connectivity index (χ0) is 21.5. The number of amides is 2. The molecule has 0 atom stereocenters. The van der Waals surface area contributed by atoms with Crippen molar-refractivity contribution in [3.8, 4) is 0 Å². The van der Waals surface area contributed by atoms with Gasteiger partial charge in [-0.25, -0.2) is 4.98 Å². The molecule has 2 saturated heterocycles. The molecule has 31 heavy (non-hydrogen) atoms. The number of hydrogen-bond donors (Lipinski definition) is 1. The second-order valence-corrected chi connectivity index (χ2v) is 9.10. The van der Waals surface area contributed by atoms with Gasteiger partial charge in [-0.2, -0.15) is 5.10 Å². The predicted molar refractivity (Wildman–Crippen MR) is 120 cm³/mol. The molecule has 0 aliphatic carbocycles. The third kappa shape index (κ3) is 6.07. The topological polar surface area (TPSA) is 85.4 Å². The Morgan fingerprint density at radius 2 is 1.61 bits per heavy atom. The highest BCUT2D eigenvalue weighted by Gasteiger charge is 2.25. The molecule has 1 aromatic carbocycles. The van der Waals surface area contributed by atoms with Crippen molar-refractivity contribution >= 4 is 23.6 Å². The van der Waals surface area contributed by atoms with Gasteiger partial charge in [0.05, 0.1) is 6.54 Å². The van der Waals surface area contributed by atoms with Gasteiger partial charge in [0, 0.05) is 50.6 Å². The summed E-state index contributed by atoms with van der Waals surface area (Å²) in [4.78, 5) is 35.7. The molecule has 2 fully saturated rings. The van der Waals surface area contributed by atoms with Crippen LogP contribution in [0.15, 0.2) is 35.7 Å². The maximum atomic E-state index is 12.9. The van der Waals surface area contributed by atoms with Crippen molar-refractivity contribution in [3.05, 3.63) is 41.7 Å². The van der Waals surface area contributed by atoms with Crippen molar-refractivity contribution in [2.24, 2.45) is 0 Å². The monoisotopic (exact) mass is 442 g/mol. The van der Waals surface area contributed by atoms with Crippen LogP contribution in [0.1, 0.15) is 41.6 Å². The molecule has 2 amide bonds. The summed E-state index contributed by atoms with van der Waals surface area (Å²) in [5, 5.41) is 7.45. The standard InChI is InChI=1S/C22H30N6O2S/c29-20(27-9-3-1-2-4-10-27)15-26-11-13-28(14-12-26)21(30)19-7-5-18(6-8-19)16-31-22-23-17-24-25-22/h5-8,17H,1-4,9-16H2,(H,23,24,25). The van der Waals surface area contributed by atoms with Crippen molar-refractivity contribution < 1.29 is 9.59 Å². The van der Waals surface area contributed by atoms with E-state index in [0.29, 0.717) is 25.2 Å². The lowest BCUT2D eigenvalue weighted by Gasteiger charge is -2.35. The fraction of sp³-hybridized carbons (Fsp3) is 0.545. The maximum absolute atomic E-state index is 12.9. The van der Waals surface area contributed by atoms with Gasteiger partial charge in [0.25, 0.3) is 5.91 Å². The molecule has 0 radical (unpaired) electrons. The van der Waals surface area contributed by atoms with Crippen LogP contribution in [0.3, 0.4) is 0 Å². The van der Waals surface area contributed by atoms with E-state index in [9.17, 15) is 9.59 Å². The average molecular weight is 443 g/mol. The molecular weight excluding hydrogens is 412 g/mol. The van der Waals surface area contributed by atoms with Crippen LogP contribution in [0, 0.1) is 0 Å². The van der Waals surface area contributed by atoms with Crippen LogP contribution in [0.25, 0.3) is 0 Å². The molecule has 0 bridgehead atoms. The number of benzene rings is 1. The number of hydrogen-bond acceptors (Lipinski definition) is 6. The summed E-state index contributed by atoms with van der Waals surface area (Å²) >= 11 is 1.58. The van der Waals surface area contributed by atoms with Gasteiger partial charge in [0.2, 0.25) is 5.91 Å². The predicted octanol–water partition coefficient (Wildman–Crippen LogP) is 2.26. The molecule has 1 aromatic heterocycles. The van der Waals surface area contributed by atoms with Crippen molar-refractivity contribution in [1.82, 2.24) is 29.9 Å². The first-order valence-electron chi connectivity index (χ1n) is 11.1. The average Bonchev–Trinajstić information content (AvgIpc) is 3.18. The maximum Gasteiger partial charge on any atom is 0.253 e. The van der Waals surface area contributed by atoms with Crippen molar-refractivity contribution in [2.75, 3.05) is 45.8 Å². The molecule has 0 unspecified atom stereocenters. The summed E-state index contributed by atoms with van der Waals surface area (Å²) in [7, 11) is 0. The quantitative estimate of drug-likeness (QED) is 0.691. The van der Waals surface area contributed by atoms with Crippen molar-refractivity contribution in [1.29, 1.82) is 0 Å².